The summed E-state index contributed by atoms with van der Waals surface area (Å²) in [7, 11) is 0. The molecule has 3 aromatic rings. The highest BCUT2D eigenvalue weighted by Crippen LogP contribution is 2.32. The number of rotatable bonds is 0. The molecule has 1 unspecified atom stereocenters. The van der Waals surface area contributed by atoms with Crippen molar-refractivity contribution < 1.29 is 4.74 Å². The van der Waals surface area contributed by atoms with E-state index in [9.17, 15) is 0 Å². The molecule has 2 heterocycles. The van der Waals surface area contributed by atoms with E-state index in [1.165, 1.54) is 20.5 Å². The maximum absolute atomic E-state index is 5.41. The van der Waals surface area contributed by atoms with Gasteiger partial charge in [-0.05, 0) is 30.5 Å². The molecular weight excluding hydrogens is 288 g/mol. The smallest absolute Gasteiger partial charge is 0.122 e. The molecule has 4 rings (SSSR count). The van der Waals surface area contributed by atoms with E-state index in [0.717, 1.165) is 12.4 Å². The lowest BCUT2D eigenvalue weighted by atomic mass is 10.0. The zero-order valence-electron chi connectivity index (χ0n) is 13.8. The third-order valence-corrected chi connectivity index (χ3v) is 4.52. The van der Waals surface area contributed by atoms with Gasteiger partial charge in [0.05, 0.1) is 6.61 Å². The predicted molar refractivity (Wildman–Crippen MR) is 98.3 cm³/mol. The highest BCUT2D eigenvalue weighted by atomic mass is 32.1. The molecule has 0 radical (unpaired) electrons. The van der Waals surface area contributed by atoms with Crippen molar-refractivity contribution in [1.82, 2.24) is 0 Å². The van der Waals surface area contributed by atoms with Gasteiger partial charge in [0.2, 0.25) is 0 Å². The fourth-order valence-corrected chi connectivity index (χ4v) is 3.36. The summed E-state index contributed by atoms with van der Waals surface area (Å²) in [6, 6.07) is 18.9. The minimum atomic E-state index is 0.580. The summed E-state index contributed by atoms with van der Waals surface area (Å²) in [5, 5.41) is 1.37. The van der Waals surface area contributed by atoms with Crippen LogP contribution in [0.1, 0.15) is 37.1 Å². The molecule has 2 aromatic carbocycles. The molecule has 1 nitrogen and oxygen atoms in total. The van der Waals surface area contributed by atoms with E-state index in [4.69, 9.17) is 4.74 Å². The second kappa shape index (κ2) is 8.00. The molecule has 0 saturated heterocycles. The van der Waals surface area contributed by atoms with Gasteiger partial charge in [-0.1, -0.05) is 57.2 Å². The average molecular weight is 312 g/mol. The van der Waals surface area contributed by atoms with Gasteiger partial charge in [-0.25, -0.2) is 0 Å². The van der Waals surface area contributed by atoms with Crippen LogP contribution in [0.3, 0.4) is 0 Å². The van der Waals surface area contributed by atoms with Gasteiger partial charge in [0.1, 0.15) is 5.75 Å². The van der Waals surface area contributed by atoms with Crippen molar-refractivity contribution in [3.8, 4) is 5.75 Å². The first-order chi connectivity index (χ1) is 10.7. The van der Waals surface area contributed by atoms with Crippen molar-refractivity contribution in [2.24, 2.45) is 0 Å². The average Bonchev–Trinajstić information content (AvgIpc) is 3.12. The van der Waals surface area contributed by atoms with Crippen molar-refractivity contribution in [3.05, 3.63) is 65.0 Å². The van der Waals surface area contributed by atoms with Crippen LogP contribution in [0.4, 0.5) is 0 Å². The number of hydrogen-bond donors (Lipinski definition) is 0. The van der Waals surface area contributed by atoms with Gasteiger partial charge < -0.3 is 4.74 Å². The Morgan fingerprint density at radius 2 is 1.68 bits per heavy atom. The lowest BCUT2D eigenvalue weighted by Crippen LogP contribution is -1.93. The van der Waals surface area contributed by atoms with Crippen molar-refractivity contribution in [1.29, 1.82) is 0 Å². The number of fused-ring (bicyclic) bond motifs is 2. The van der Waals surface area contributed by atoms with Crippen molar-refractivity contribution in [2.45, 2.75) is 33.6 Å². The topological polar surface area (TPSA) is 9.23 Å². The van der Waals surface area contributed by atoms with Crippen LogP contribution < -0.4 is 4.74 Å². The Bertz CT molecular complexity index is 681. The molecule has 116 valence electrons. The quantitative estimate of drug-likeness (QED) is 0.465. The molecule has 1 aromatic heterocycles. The lowest BCUT2D eigenvalue weighted by molar-refractivity contribution is 0.337. The normalized spacial score (nSPS) is 15.0. The van der Waals surface area contributed by atoms with Crippen LogP contribution >= 0.6 is 11.3 Å². The predicted octanol–water partition coefficient (Wildman–Crippen LogP) is 6.42. The van der Waals surface area contributed by atoms with Crippen LogP contribution in [0, 0.1) is 6.92 Å². The van der Waals surface area contributed by atoms with Gasteiger partial charge in [0, 0.05) is 21.1 Å². The number of ether oxygens (including phenoxy) is 1. The van der Waals surface area contributed by atoms with E-state index >= 15 is 0 Å². The molecule has 1 atom stereocenters. The number of para-hydroxylation sites is 1. The molecule has 1 aliphatic rings. The van der Waals surface area contributed by atoms with Crippen LogP contribution in [-0.4, -0.2) is 6.61 Å². The van der Waals surface area contributed by atoms with Crippen LogP contribution in [-0.2, 0) is 0 Å². The largest absolute Gasteiger partial charge is 0.493 e. The van der Waals surface area contributed by atoms with Crippen molar-refractivity contribution >= 4 is 21.4 Å². The molecule has 22 heavy (non-hydrogen) atoms. The summed E-state index contributed by atoms with van der Waals surface area (Å²) in [5.41, 5.74) is 1.35. The Labute approximate surface area is 137 Å². The molecule has 0 aliphatic carbocycles. The van der Waals surface area contributed by atoms with E-state index < -0.39 is 0 Å². The van der Waals surface area contributed by atoms with Gasteiger partial charge in [0.15, 0.2) is 0 Å². The van der Waals surface area contributed by atoms with E-state index in [1.54, 1.807) is 0 Å². The van der Waals surface area contributed by atoms with Gasteiger partial charge in [-0.15, -0.1) is 11.3 Å². The summed E-state index contributed by atoms with van der Waals surface area (Å²) in [5.74, 6) is 1.64. The first kappa shape index (κ1) is 16.6. The zero-order chi connectivity index (χ0) is 15.9. The lowest BCUT2D eigenvalue weighted by Gasteiger charge is -1.96. The number of benzene rings is 2. The molecule has 0 bridgehead atoms. The Kier molecular flexibility index (Phi) is 6.02. The Balaban J connectivity index is 0.000000144. The van der Waals surface area contributed by atoms with Gasteiger partial charge >= 0.3 is 0 Å². The first-order valence-corrected chi connectivity index (χ1v) is 8.72. The molecule has 0 amide bonds. The number of hydrogen-bond acceptors (Lipinski definition) is 2. The second-order valence-electron chi connectivity index (χ2n) is 5.14. The molecule has 1 aliphatic heterocycles. The minimum absolute atomic E-state index is 0.580. The fraction of sp³-hybridized carbons (Fsp3) is 0.300. The SMILES string of the molecule is CC.CC1COc2ccccc21.Cc1cc2ccccc2s1. The fourth-order valence-electron chi connectivity index (χ4n) is 2.44. The molecule has 0 N–H and O–H groups in total. The Morgan fingerprint density at radius 1 is 1.00 bits per heavy atom. The molecule has 0 saturated carbocycles. The van der Waals surface area contributed by atoms with E-state index in [2.05, 4.69) is 56.3 Å². The highest BCUT2D eigenvalue weighted by Gasteiger charge is 2.18. The zero-order valence-corrected chi connectivity index (χ0v) is 14.6. The van der Waals surface area contributed by atoms with Crippen LogP contribution in [0.5, 0.6) is 5.75 Å². The van der Waals surface area contributed by atoms with Gasteiger partial charge in [-0.2, -0.15) is 0 Å². The molecule has 2 heteroatoms. The van der Waals surface area contributed by atoms with Crippen molar-refractivity contribution in [3.63, 3.8) is 0 Å². The third kappa shape index (κ3) is 3.89. The summed E-state index contributed by atoms with van der Waals surface area (Å²) >= 11 is 1.85. The molecule has 0 fully saturated rings. The second-order valence-corrected chi connectivity index (χ2v) is 6.43. The third-order valence-electron chi connectivity index (χ3n) is 3.49. The van der Waals surface area contributed by atoms with Gasteiger partial charge in [-0.3, -0.25) is 0 Å². The minimum Gasteiger partial charge on any atom is -0.493 e. The Morgan fingerprint density at radius 3 is 2.41 bits per heavy atom. The summed E-state index contributed by atoms with van der Waals surface area (Å²) in [6.07, 6.45) is 0. The maximum Gasteiger partial charge on any atom is 0.122 e. The summed E-state index contributed by atoms with van der Waals surface area (Å²) in [6.45, 7) is 9.18. The molecule has 0 spiro atoms. The summed E-state index contributed by atoms with van der Waals surface area (Å²) in [4.78, 5) is 1.39. The van der Waals surface area contributed by atoms with Crippen LogP contribution in [0.15, 0.2) is 54.6 Å². The first-order valence-electron chi connectivity index (χ1n) is 7.91. The monoisotopic (exact) mass is 312 g/mol. The Hall–Kier alpha value is -1.80. The number of thiophene rings is 1. The number of aryl methyl sites for hydroxylation is 1. The highest BCUT2D eigenvalue weighted by molar-refractivity contribution is 7.19. The maximum atomic E-state index is 5.41. The van der Waals surface area contributed by atoms with E-state index in [1.807, 2.05) is 37.3 Å². The van der Waals surface area contributed by atoms with Crippen LogP contribution in [0.25, 0.3) is 10.1 Å². The van der Waals surface area contributed by atoms with E-state index in [-0.39, 0.29) is 0 Å². The van der Waals surface area contributed by atoms with Crippen LogP contribution in [0.2, 0.25) is 0 Å². The van der Waals surface area contributed by atoms with Crippen molar-refractivity contribution in [2.75, 3.05) is 6.61 Å². The van der Waals surface area contributed by atoms with Gasteiger partial charge in [0.25, 0.3) is 0 Å². The van der Waals surface area contributed by atoms with E-state index in [0.29, 0.717) is 5.92 Å². The molecular formula is C20H24OS. The summed E-state index contributed by atoms with van der Waals surface area (Å²) < 4.78 is 6.80. The standard InChI is InChI=1S/C9H10O.C9H8S.C2H6/c1-7-6-10-9-5-3-2-4-8(7)9;1-7-6-8-4-2-3-5-9(8)10-7;1-2/h2-5,7H,6H2,1H3;2-6H,1H3;1-2H3.